The number of carbonyl (C=O) groups is 1. The highest BCUT2D eigenvalue weighted by Gasteiger charge is 2.17. The van der Waals surface area contributed by atoms with Crippen molar-refractivity contribution in [2.75, 3.05) is 19.6 Å². The number of aryl methyl sites for hydroxylation is 1. The Bertz CT molecular complexity index is 638. The highest BCUT2D eigenvalue weighted by molar-refractivity contribution is 5.76. The van der Waals surface area contributed by atoms with E-state index in [1.807, 2.05) is 31.2 Å². The molecule has 3 rings (SSSR count). The molecule has 1 aliphatic heterocycles. The standard InChI is InChI=1S/C15H18N4O2/c1-11-3-2-4-12(9-11)15-17-14(21-18-15)10-19-7-5-13(20)16-6-8-19/h2-4,9H,5-8,10H2,1H3,(H,16,20). The van der Waals surface area contributed by atoms with E-state index in [1.165, 1.54) is 0 Å². The van der Waals surface area contributed by atoms with Crippen molar-refractivity contribution in [1.29, 1.82) is 0 Å². The number of rotatable bonds is 3. The molecule has 6 nitrogen and oxygen atoms in total. The predicted octanol–water partition coefficient (Wildman–Crippen LogP) is 1.37. The van der Waals surface area contributed by atoms with Crippen LogP contribution >= 0.6 is 0 Å². The molecule has 1 amide bonds. The second-order valence-corrected chi connectivity index (χ2v) is 5.26. The van der Waals surface area contributed by atoms with Crippen molar-refractivity contribution >= 4 is 5.91 Å². The third-order valence-corrected chi connectivity index (χ3v) is 3.51. The van der Waals surface area contributed by atoms with E-state index in [2.05, 4.69) is 20.4 Å². The molecule has 1 N–H and O–H groups in total. The maximum absolute atomic E-state index is 11.3. The van der Waals surface area contributed by atoms with E-state index in [4.69, 9.17) is 4.52 Å². The van der Waals surface area contributed by atoms with Gasteiger partial charge in [0.1, 0.15) is 0 Å². The first-order valence-electron chi connectivity index (χ1n) is 7.09. The Hall–Kier alpha value is -2.21. The summed E-state index contributed by atoms with van der Waals surface area (Å²) < 4.78 is 5.32. The average Bonchev–Trinajstić information content (AvgIpc) is 2.83. The first-order chi connectivity index (χ1) is 10.2. The Morgan fingerprint density at radius 1 is 1.38 bits per heavy atom. The van der Waals surface area contributed by atoms with Crippen LogP contribution in [0.25, 0.3) is 11.4 Å². The van der Waals surface area contributed by atoms with Gasteiger partial charge in [-0.1, -0.05) is 28.9 Å². The van der Waals surface area contributed by atoms with Gasteiger partial charge in [0.25, 0.3) is 0 Å². The van der Waals surface area contributed by atoms with E-state index in [1.54, 1.807) is 0 Å². The fourth-order valence-corrected chi connectivity index (χ4v) is 2.38. The third kappa shape index (κ3) is 3.46. The summed E-state index contributed by atoms with van der Waals surface area (Å²) >= 11 is 0. The summed E-state index contributed by atoms with van der Waals surface area (Å²) in [5.41, 5.74) is 2.12. The fraction of sp³-hybridized carbons (Fsp3) is 0.400. The van der Waals surface area contributed by atoms with Crippen LogP contribution in [-0.4, -0.2) is 40.6 Å². The lowest BCUT2D eigenvalue weighted by molar-refractivity contribution is -0.120. The number of amides is 1. The Kier molecular flexibility index (Phi) is 3.96. The van der Waals surface area contributed by atoms with Crippen LogP contribution in [0.5, 0.6) is 0 Å². The van der Waals surface area contributed by atoms with Crippen LogP contribution in [0.15, 0.2) is 28.8 Å². The minimum atomic E-state index is 0.100. The monoisotopic (exact) mass is 286 g/mol. The van der Waals surface area contributed by atoms with Crippen LogP contribution in [0.2, 0.25) is 0 Å². The highest BCUT2D eigenvalue weighted by Crippen LogP contribution is 2.17. The molecule has 0 aliphatic carbocycles. The maximum atomic E-state index is 11.3. The van der Waals surface area contributed by atoms with E-state index >= 15 is 0 Å². The van der Waals surface area contributed by atoms with Crippen molar-refractivity contribution < 1.29 is 9.32 Å². The minimum absolute atomic E-state index is 0.100. The molecule has 1 aromatic heterocycles. The molecular weight excluding hydrogens is 268 g/mol. The van der Waals surface area contributed by atoms with E-state index in [0.29, 0.717) is 37.8 Å². The Labute approximate surface area is 123 Å². The van der Waals surface area contributed by atoms with Crippen LogP contribution in [-0.2, 0) is 11.3 Å². The van der Waals surface area contributed by atoms with Crippen LogP contribution in [0, 0.1) is 6.92 Å². The van der Waals surface area contributed by atoms with Crippen molar-refractivity contribution in [3.8, 4) is 11.4 Å². The van der Waals surface area contributed by atoms with Gasteiger partial charge in [-0.05, 0) is 13.0 Å². The lowest BCUT2D eigenvalue weighted by atomic mass is 10.1. The first kappa shape index (κ1) is 13.8. The quantitative estimate of drug-likeness (QED) is 0.922. The Balaban J connectivity index is 1.69. The van der Waals surface area contributed by atoms with Gasteiger partial charge in [0.05, 0.1) is 6.54 Å². The number of nitrogens with one attached hydrogen (secondary N) is 1. The molecule has 2 heterocycles. The zero-order chi connectivity index (χ0) is 14.7. The van der Waals surface area contributed by atoms with E-state index in [0.717, 1.165) is 17.7 Å². The minimum Gasteiger partial charge on any atom is -0.355 e. The van der Waals surface area contributed by atoms with Crippen molar-refractivity contribution in [3.63, 3.8) is 0 Å². The molecular formula is C15H18N4O2. The second-order valence-electron chi connectivity index (χ2n) is 5.26. The predicted molar refractivity (Wildman–Crippen MR) is 77.4 cm³/mol. The summed E-state index contributed by atoms with van der Waals surface area (Å²) in [6.45, 7) is 4.79. The summed E-state index contributed by atoms with van der Waals surface area (Å²) in [7, 11) is 0. The molecule has 1 aliphatic rings. The second kappa shape index (κ2) is 6.05. The van der Waals surface area contributed by atoms with Crippen molar-refractivity contribution in [2.45, 2.75) is 19.9 Å². The molecule has 1 saturated heterocycles. The van der Waals surface area contributed by atoms with Crippen LogP contribution in [0.1, 0.15) is 17.9 Å². The van der Waals surface area contributed by atoms with Crippen molar-refractivity contribution in [3.05, 3.63) is 35.7 Å². The third-order valence-electron chi connectivity index (χ3n) is 3.51. The smallest absolute Gasteiger partial charge is 0.241 e. The highest BCUT2D eigenvalue weighted by atomic mass is 16.5. The van der Waals surface area contributed by atoms with Crippen LogP contribution in [0.3, 0.4) is 0 Å². The van der Waals surface area contributed by atoms with E-state index < -0.39 is 0 Å². The molecule has 0 unspecified atom stereocenters. The summed E-state index contributed by atoms with van der Waals surface area (Å²) in [6.07, 6.45) is 0.513. The van der Waals surface area contributed by atoms with Crippen molar-refractivity contribution in [1.82, 2.24) is 20.4 Å². The number of aromatic nitrogens is 2. The average molecular weight is 286 g/mol. The number of nitrogens with zero attached hydrogens (tertiary/aromatic N) is 3. The normalized spacial score (nSPS) is 16.5. The molecule has 2 aromatic rings. The van der Waals surface area contributed by atoms with Gasteiger partial charge < -0.3 is 9.84 Å². The Morgan fingerprint density at radius 2 is 2.29 bits per heavy atom. The molecule has 0 saturated carbocycles. The zero-order valence-electron chi connectivity index (χ0n) is 12.0. The summed E-state index contributed by atoms with van der Waals surface area (Å²) in [6, 6.07) is 8.01. The summed E-state index contributed by atoms with van der Waals surface area (Å²) in [5, 5.41) is 6.89. The molecule has 110 valence electrons. The van der Waals surface area contributed by atoms with Crippen LogP contribution in [0.4, 0.5) is 0 Å². The fourth-order valence-electron chi connectivity index (χ4n) is 2.38. The van der Waals surface area contributed by atoms with Gasteiger partial charge in [-0.2, -0.15) is 4.98 Å². The van der Waals surface area contributed by atoms with Gasteiger partial charge in [0.2, 0.25) is 17.6 Å². The largest absolute Gasteiger partial charge is 0.355 e. The van der Waals surface area contributed by atoms with Gasteiger partial charge in [0.15, 0.2) is 0 Å². The number of carbonyl (C=O) groups excluding carboxylic acids is 1. The molecule has 0 spiro atoms. The molecule has 0 atom stereocenters. The molecule has 0 bridgehead atoms. The molecule has 6 heteroatoms. The molecule has 1 aromatic carbocycles. The number of hydrogen-bond acceptors (Lipinski definition) is 5. The lowest BCUT2D eigenvalue weighted by Gasteiger charge is -2.15. The van der Waals surface area contributed by atoms with Gasteiger partial charge in [-0.25, -0.2) is 0 Å². The SMILES string of the molecule is Cc1cccc(-c2noc(CN3CCNC(=O)CC3)n2)c1. The summed E-state index contributed by atoms with van der Waals surface area (Å²) in [5.74, 6) is 1.29. The van der Waals surface area contributed by atoms with E-state index in [-0.39, 0.29) is 5.91 Å². The molecule has 21 heavy (non-hydrogen) atoms. The maximum Gasteiger partial charge on any atom is 0.241 e. The lowest BCUT2D eigenvalue weighted by Crippen LogP contribution is -2.28. The van der Waals surface area contributed by atoms with Crippen molar-refractivity contribution in [2.24, 2.45) is 0 Å². The van der Waals surface area contributed by atoms with Gasteiger partial charge >= 0.3 is 0 Å². The van der Waals surface area contributed by atoms with Gasteiger partial charge in [-0.3, -0.25) is 9.69 Å². The molecule has 1 fully saturated rings. The topological polar surface area (TPSA) is 71.3 Å². The first-order valence-corrected chi connectivity index (χ1v) is 7.09. The van der Waals surface area contributed by atoms with Crippen LogP contribution < -0.4 is 5.32 Å². The molecule has 0 radical (unpaired) electrons. The zero-order valence-corrected chi connectivity index (χ0v) is 12.0. The number of hydrogen-bond donors (Lipinski definition) is 1. The Morgan fingerprint density at radius 3 is 3.14 bits per heavy atom. The number of benzene rings is 1. The summed E-state index contributed by atoms with van der Waals surface area (Å²) in [4.78, 5) is 17.9. The van der Waals surface area contributed by atoms with Gasteiger partial charge in [-0.15, -0.1) is 0 Å². The van der Waals surface area contributed by atoms with E-state index in [9.17, 15) is 4.79 Å². The van der Waals surface area contributed by atoms with Gasteiger partial charge in [0, 0.05) is 31.6 Å².